The lowest BCUT2D eigenvalue weighted by molar-refractivity contribution is -0.130. The van der Waals surface area contributed by atoms with Gasteiger partial charge in [0.1, 0.15) is 15.6 Å². The maximum absolute atomic E-state index is 12.4. The fourth-order valence-electron chi connectivity index (χ4n) is 2.11. The van der Waals surface area contributed by atoms with Crippen molar-refractivity contribution in [2.45, 2.75) is 39.3 Å². The van der Waals surface area contributed by atoms with Gasteiger partial charge in [-0.05, 0) is 39.8 Å². The third kappa shape index (κ3) is 4.37. The highest BCUT2D eigenvalue weighted by molar-refractivity contribution is 7.22. The van der Waals surface area contributed by atoms with Crippen LogP contribution in [-0.2, 0) is 9.53 Å². The molecule has 0 bridgehead atoms. The Morgan fingerprint density at radius 3 is 2.40 bits per heavy atom. The topological polar surface area (TPSA) is 64.6 Å². The summed E-state index contributed by atoms with van der Waals surface area (Å²) in [5, 5.41) is 4.02. The standard InChI is InChI=1S/C17H19Cl2NO4S/c1-8(15(21)20-17(2,3)4)24-16(22)14-11(18)9-6-7-10(23-5)12(19)13(9)25-14/h6-8H,1-5H3,(H,20,21)/t8-/m0/s1. The van der Waals surface area contributed by atoms with Gasteiger partial charge in [0.15, 0.2) is 6.10 Å². The summed E-state index contributed by atoms with van der Waals surface area (Å²) in [6.07, 6.45) is -0.946. The molecule has 2 rings (SSSR count). The highest BCUT2D eigenvalue weighted by Gasteiger charge is 2.26. The van der Waals surface area contributed by atoms with Crippen LogP contribution in [0.3, 0.4) is 0 Å². The number of methoxy groups -OCH3 is 1. The summed E-state index contributed by atoms with van der Waals surface area (Å²) < 4.78 is 11.0. The minimum atomic E-state index is -0.946. The molecular formula is C17H19Cl2NO4S. The molecule has 0 saturated carbocycles. The lowest BCUT2D eigenvalue weighted by Crippen LogP contribution is -2.46. The number of carbonyl (C=O) groups excluding carboxylic acids is 2. The highest BCUT2D eigenvalue weighted by atomic mass is 35.5. The molecule has 1 aromatic heterocycles. The Morgan fingerprint density at radius 1 is 1.20 bits per heavy atom. The molecule has 5 nitrogen and oxygen atoms in total. The van der Waals surface area contributed by atoms with Crippen molar-refractivity contribution in [1.82, 2.24) is 5.32 Å². The first-order valence-corrected chi connectivity index (χ1v) is 9.10. The first-order valence-electron chi connectivity index (χ1n) is 7.52. The van der Waals surface area contributed by atoms with Gasteiger partial charge in [-0.1, -0.05) is 23.2 Å². The van der Waals surface area contributed by atoms with Crippen molar-refractivity contribution in [3.8, 4) is 5.75 Å². The summed E-state index contributed by atoms with van der Waals surface area (Å²) in [4.78, 5) is 24.7. The van der Waals surface area contributed by atoms with Crippen LogP contribution in [0.2, 0.25) is 10.0 Å². The molecule has 0 aliphatic carbocycles. The van der Waals surface area contributed by atoms with Gasteiger partial charge in [0.2, 0.25) is 0 Å². The summed E-state index contributed by atoms with van der Waals surface area (Å²) >= 11 is 13.7. The second kappa shape index (κ2) is 7.40. The van der Waals surface area contributed by atoms with Crippen LogP contribution in [-0.4, -0.2) is 30.6 Å². The monoisotopic (exact) mass is 403 g/mol. The van der Waals surface area contributed by atoms with Crippen LogP contribution >= 0.6 is 34.5 Å². The van der Waals surface area contributed by atoms with Gasteiger partial charge in [0.05, 0.1) is 16.8 Å². The molecule has 1 N–H and O–H groups in total. The summed E-state index contributed by atoms with van der Waals surface area (Å²) in [6, 6.07) is 3.41. The summed E-state index contributed by atoms with van der Waals surface area (Å²) in [5.74, 6) is -0.555. The number of halogens is 2. The van der Waals surface area contributed by atoms with Crippen LogP contribution < -0.4 is 10.1 Å². The number of thiophene rings is 1. The smallest absolute Gasteiger partial charge is 0.350 e. The van der Waals surface area contributed by atoms with Crippen LogP contribution in [0.5, 0.6) is 5.75 Å². The van der Waals surface area contributed by atoms with Gasteiger partial charge in [-0.15, -0.1) is 11.3 Å². The molecule has 0 unspecified atom stereocenters. The van der Waals surface area contributed by atoms with E-state index in [1.807, 2.05) is 20.8 Å². The van der Waals surface area contributed by atoms with Gasteiger partial charge in [0.25, 0.3) is 5.91 Å². The van der Waals surface area contributed by atoms with E-state index in [4.69, 9.17) is 32.7 Å². The molecule has 0 fully saturated rings. The molecule has 1 atom stereocenters. The van der Waals surface area contributed by atoms with Crippen LogP contribution in [0.1, 0.15) is 37.4 Å². The number of hydrogen-bond donors (Lipinski definition) is 1. The van der Waals surface area contributed by atoms with E-state index in [9.17, 15) is 9.59 Å². The quantitative estimate of drug-likeness (QED) is 0.752. The molecule has 0 radical (unpaired) electrons. The number of ether oxygens (including phenoxy) is 2. The van der Waals surface area contributed by atoms with E-state index >= 15 is 0 Å². The third-order valence-electron chi connectivity index (χ3n) is 3.26. The Bertz CT molecular complexity index is 826. The number of esters is 1. The number of fused-ring (bicyclic) bond motifs is 1. The molecule has 25 heavy (non-hydrogen) atoms. The predicted octanol–water partition coefficient (Wildman–Crippen LogP) is 4.68. The van der Waals surface area contributed by atoms with Gasteiger partial charge in [-0.25, -0.2) is 4.79 Å². The lowest BCUT2D eigenvalue weighted by Gasteiger charge is -2.23. The molecule has 2 aromatic rings. The molecule has 1 amide bonds. The number of benzene rings is 1. The van der Waals surface area contributed by atoms with Gasteiger partial charge >= 0.3 is 5.97 Å². The first-order chi connectivity index (χ1) is 11.5. The molecule has 1 aromatic carbocycles. The second-order valence-corrected chi connectivity index (χ2v) is 8.27. The maximum atomic E-state index is 12.4. The van der Waals surface area contributed by atoms with Crippen molar-refractivity contribution in [2.75, 3.05) is 7.11 Å². The van der Waals surface area contributed by atoms with Crippen LogP contribution in [0.15, 0.2) is 12.1 Å². The number of carbonyl (C=O) groups is 2. The molecule has 1 heterocycles. The Morgan fingerprint density at radius 2 is 1.84 bits per heavy atom. The van der Waals surface area contributed by atoms with E-state index in [1.54, 1.807) is 12.1 Å². The van der Waals surface area contributed by atoms with E-state index in [1.165, 1.54) is 14.0 Å². The lowest BCUT2D eigenvalue weighted by atomic mass is 10.1. The van der Waals surface area contributed by atoms with E-state index in [0.29, 0.717) is 20.9 Å². The fraction of sp³-hybridized carbons (Fsp3) is 0.412. The molecule has 0 spiro atoms. The fourth-order valence-corrected chi connectivity index (χ4v) is 3.88. The molecule has 8 heteroatoms. The summed E-state index contributed by atoms with van der Waals surface area (Å²) in [7, 11) is 1.51. The number of rotatable bonds is 4. The van der Waals surface area contributed by atoms with Crippen molar-refractivity contribution in [2.24, 2.45) is 0 Å². The number of hydrogen-bond acceptors (Lipinski definition) is 5. The average Bonchev–Trinajstić information content (AvgIpc) is 2.84. The van der Waals surface area contributed by atoms with Crippen molar-refractivity contribution in [3.63, 3.8) is 0 Å². The second-order valence-electron chi connectivity index (χ2n) is 6.49. The van der Waals surface area contributed by atoms with E-state index in [0.717, 1.165) is 11.3 Å². The maximum Gasteiger partial charge on any atom is 0.350 e. The molecule has 0 saturated heterocycles. The Hall–Kier alpha value is -1.50. The van der Waals surface area contributed by atoms with Crippen LogP contribution in [0.4, 0.5) is 0 Å². The van der Waals surface area contributed by atoms with E-state index in [2.05, 4.69) is 5.32 Å². The third-order valence-corrected chi connectivity index (χ3v) is 5.45. The van der Waals surface area contributed by atoms with Crippen LogP contribution in [0.25, 0.3) is 10.1 Å². The normalized spacial score (nSPS) is 12.8. The zero-order valence-corrected chi connectivity index (χ0v) is 16.9. The van der Waals surface area contributed by atoms with Crippen molar-refractivity contribution in [3.05, 3.63) is 27.1 Å². The highest BCUT2D eigenvalue weighted by Crippen LogP contribution is 2.43. The van der Waals surface area contributed by atoms with Gasteiger partial charge < -0.3 is 14.8 Å². The van der Waals surface area contributed by atoms with Crippen molar-refractivity contribution >= 4 is 56.5 Å². The van der Waals surface area contributed by atoms with Crippen LogP contribution in [0, 0.1) is 0 Å². The predicted molar refractivity (Wildman–Crippen MR) is 101 cm³/mol. The molecule has 0 aliphatic heterocycles. The molecule has 136 valence electrons. The SMILES string of the molecule is COc1ccc2c(Cl)c(C(=O)O[C@@H](C)C(=O)NC(C)(C)C)sc2c1Cl. The molecule has 0 aliphatic rings. The summed E-state index contributed by atoms with van der Waals surface area (Å²) in [5.41, 5.74) is -0.420. The zero-order chi connectivity index (χ0) is 18.9. The minimum absolute atomic E-state index is 0.197. The number of amides is 1. The van der Waals surface area contributed by atoms with Gasteiger partial charge in [0, 0.05) is 10.9 Å². The summed E-state index contributed by atoms with van der Waals surface area (Å²) in [6.45, 7) is 7.04. The van der Waals surface area contributed by atoms with E-state index in [-0.39, 0.29) is 15.8 Å². The van der Waals surface area contributed by atoms with Gasteiger partial charge in [-0.3, -0.25) is 4.79 Å². The Kier molecular flexibility index (Phi) is 5.86. The van der Waals surface area contributed by atoms with Crippen molar-refractivity contribution < 1.29 is 19.1 Å². The van der Waals surface area contributed by atoms with Crippen molar-refractivity contribution in [1.29, 1.82) is 0 Å². The van der Waals surface area contributed by atoms with E-state index < -0.39 is 17.6 Å². The number of nitrogens with one attached hydrogen (secondary N) is 1. The van der Waals surface area contributed by atoms with Gasteiger partial charge in [-0.2, -0.15) is 0 Å². The largest absolute Gasteiger partial charge is 0.495 e. The molecular weight excluding hydrogens is 385 g/mol. The Labute approximate surface area is 160 Å². The average molecular weight is 404 g/mol. The minimum Gasteiger partial charge on any atom is -0.495 e. The first kappa shape index (κ1) is 19.8. The Balaban J connectivity index is 2.26. The zero-order valence-electron chi connectivity index (χ0n) is 14.5.